The Morgan fingerprint density at radius 2 is 0.880 bits per heavy atom. The van der Waals surface area contributed by atoms with Gasteiger partial charge in [-0.25, -0.2) is 4.98 Å². The van der Waals surface area contributed by atoms with Crippen molar-refractivity contribution >= 4 is 43.6 Å². The molecule has 5 nitrogen and oxygen atoms in total. The zero-order valence-corrected chi connectivity index (χ0v) is 26.6. The Hall–Kier alpha value is -6.85. The van der Waals surface area contributed by atoms with E-state index in [4.69, 9.17) is 21.8 Å². The lowest BCUT2D eigenvalue weighted by atomic mass is 10.1. The van der Waals surface area contributed by atoms with Gasteiger partial charge in [-0.2, -0.15) is 9.97 Å². The Morgan fingerprint density at radius 1 is 0.380 bits per heavy atom. The summed E-state index contributed by atoms with van der Waals surface area (Å²) >= 11 is 0. The smallest absolute Gasteiger partial charge is 0.238 e. The molecule has 0 fully saturated rings. The SMILES string of the molecule is [2H]c1c([2H])c([2H])c(-c2ccc(-n3c4ccccc4c4c5c6ccccc6n(-c6nc(-c7ccccc7)nc(-c7ccccc7)n6)c5ccc43)cc2)c([2H])c1[2H]. The number of fused-ring (bicyclic) bond motifs is 7. The van der Waals surface area contributed by atoms with E-state index in [0.717, 1.165) is 60.4 Å². The number of benzene rings is 7. The molecule has 3 heterocycles. The molecule has 0 amide bonds. The van der Waals surface area contributed by atoms with Crippen LogP contribution in [-0.4, -0.2) is 24.1 Å². The van der Waals surface area contributed by atoms with Crippen molar-refractivity contribution in [2.45, 2.75) is 0 Å². The monoisotopic (exact) mass is 644 g/mol. The highest BCUT2D eigenvalue weighted by Gasteiger charge is 2.22. The molecule has 5 heteroatoms. The van der Waals surface area contributed by atoms with Gasteiger partial charge in [-0.1, -0.05) is 139 Å². The third-order valence-electron chi connectivity index (χ3n) is 9.27. The summed E-state index contributed by atoms with van der Waals surface area (Å²) in [5.74, 6) is 1.69. The summed E-state index contributed by atoms with van der Waals surface area (Å²) in [4.78, 5) is 15.1. The predicted molar refractivity (Wildman–Crippen MR) is 205 cm³/mol. The van der Waals surface area contributed by atoms with Crippen molar-refractivity contribution in [1.29, 1.82) is 0 Å². The molecule has 10 aromatic rings. The van der Waals surface area contributed by atoms with Crippen LogP contribution in [0.5, 0.6) is 0 Å². The number of rotatable bonds is 5. The maximum Gasteiger partial charge on any atom is 0.238 e. The van der Waals surface area contributed by atoms with E-state index in [1.54, 1.807) is 0 Å². The van der Waals surface area contributed by atoms with Gasteiger partial charge in [0.25, 0.3) is 0 Å². The predicted octanol–water partition coefficient (Wildman–Crippen LogP) is 11.1. The van der Waals surface area contributed by atoms with E-state index in [1.165, 1.54) is 0 Å². The minimum absolute atomic E-state index is 0.179. The lowest BCUT2D eigenvalue weighted by molar-refractivity contribution is 0.953. The zero-order chi connectivity index (χ0) is 37.4. The molecule has 0 saturated carbocycles. The fourth-order valence-corrected chi connectivity index (χ4v) is 7.08. The van der Waals surface area contributed by atoms with Gasteiger partial charge < -0.3 is 4.57 Å². The van der Waals surface area contributed by atoms with Crippen LogP contribution < -0.4 is 0 Å². The van der Waals surface area contributed by atoms with Gasteiger partial charge in [-0.3, -0.25) is 4.57 Å². The van der Waals surface area contributed by atoms with Crippen molar-refractivity contribution in [3.8, 4) is 45.5 Å². The van der Waals surface area contributed by atoms with Crippen molar-refractivity contribution in [2.24, 2.45) is 0 Å². The van der Waals surface area contributed by atoms with Crippen LogP contribution in [0.2, 0.25) is 0 Å². The molecule has 0 aliphatic carbocycles. The largest absolute Gasteiger partial charge is 0.309 e. The van der Waals surface area contributed by atoms with E-state index in [9.17, 15) is 0 Å². The van der Waals surface area contributed by atoms with Gasteiger partial charge >= 0.3 is 0 Å². The second-order valence-electron chi connectivity index (χ2n) is 12.1. The van der Waals surface area contributed by atoms with Crippen molar-refractivity contribution in [3.05, 3.63) is 176 Å². The molecule has 7 aromatic carbocycles. The molecule has 0 unspecified atom stereocenters. The Kier molecular flexibility index (Phi) is 5.35. The number of aromatic nitrogens is 5. The quantitative estimate of drug-likeness (QED) is 0.187. The van der Waals surface area contributed by atoms with Crippen molar-refractivity contribution in [1.82, 2.24) is 24.1 Å². The van der Waals surface area contributed by atoms with Crippen LogP contribution in [0.3, 0.4) is 0 Å². The molecule has 0 saturated heterocycles. The first-order valence-corrected chi connectivity index (χ1v) is 16.4. The van der Waals surface area contributed by atoms with Gasteiger partial charge in [0.05, 0.1) is 28.9 Å². The number of nitrogens with zero attached hydrogens (tertiary/aromatic N) is 5. The molecule has 234 valence electrons. The second kappa shape index (κ2) is 11.4. The van der Waals surface area contributed by atoms with Crippen LogP contribution >= 0.6 is 0 Å². The van der Waals surface area contributed by atoms with Gasteiger partial charge in [0, 0.05) is 38.4 Å². The second-order valence-corrected chi connectivity index (χ2v) is 12.1. The van der Waals surface area contributed by atoms with Crippen LogP contribution in [0.25, 0.3) is 89.2 Å². The molecular weight excluding hydrogens is 611 g/mol. The molecule has 0 aliphatic heterocycles. The highest BCUT2D eigenvalue weighted by atomic mass is 15.2. The molecule has 0 bridgehead atoms. The normalized spacial score (nSPS) is 13.0. The lowest BCUT2D eigenvalue weighted by Crippen LogP contribution is -2.06. The summed E-state index contributed by atoms with van der Waals surface area (Å²) in [6.07, 6.45) is 0. The first-order chi connectivity index (χ1) is 26.9. The van der Waals surface area contributed by atoms with Crippen LogP contribution in [0.1, 0.15) is 6.85 Å². The number of hydrogen-bond acceptors (Lipinski definition) is 3. The third kappa shape index (κ3) is 4.45. The molecule has 0 N–H and O–H groups in total. The molecule has 10 rings (SSSR count). The van der Waals surface area contributed by atoms with E-state index in [1.807, 2.05) is 97.1 Å². The minimum atomic E-state index is -0.405. The molecule has 0 spiro atoms. The van der Waals surface area contributed by atoms with Gasteiger partial charge in [-0.15, -0.1) is 0 Å². The Balaban J connectivity index is 1.22. The summed E-state index contributed by atoms with van der Waals surface area (Å²) in [5, 5.41) is 4.29. The average molecular weight is 645 g/mol. The standard InChI is InChI=1S/C45H29N5/c1-4-14-30(15-5-1)31-24-26-34(27-25-31)49-37-22-12-10-20-35(37)41-39(49)28-29-40-42(41)36-21-11-13-23-38(36)50(40)45-47-43(32-16-6-2-7-17-32)46-44(48-45)33-18-8-3-9-19-33/h1-29H/i1D,4D,5D,14D,15D. The summed E-state index contributed by atoms with van der Waals surface area (Å²) in [6.45, 7) is 0. The van der Waals surface area contributed by atoms with Gasteiger partial charge in [0.15, 0.2) is 11.6 Å². The molecule has 50 heavy (non-hydrogen) atoms. The van der Waals surface area contributed by atoms with Gasteiger partial charge in [-0.05, 0) is 47.5 Å². The lowest BCUT2D eigenvalue weighted by Gasteiger charge is -2.11. The van der Waals surface area contributed by atoms with E-state index in [-0.39, 0.29) is 29.7 Å². The minimum Gasteiger partial charge on any atom is -0.309 e. The number of hydrogen-bond donors (Lipinski definition) is 0. The Bertz CT molecular complexity index is 3050. The van der Waals surface area contributed by atoms with Crippen LogP contribution in [0.15, 0.2) is 176 Å². The third-order valence-corrected chi connectivity index (χ3v) is 9.27. The van der Waals surface area contributed by atoms with E-state index in [0.29, 0.717) is 23.2 Å². The fourth-order valence-electron chi connectivity index (χ4n) is 7.08. The first kappa shape index (κ1) is 23.5. The molecule has 3 aromatic heterocycles. The highest BCUT2D eigenvalue weighted by Crippen LogP contribution is 2.42. The topological polar surface area (TPSA) is 48.5 Å². The fraction of sp³-hybridized carbons (Fsp3) is 0. The molecule has 0 radical (unpaired) electrons. The van der Waals surface area contributed by atoms with Crippen LogP contribution in [0.4, 0.5) is 0 Å². The maximum atomic E-state index is 8.51. The van der Waals surface area contributed by atoms with Crippen molar-refractivity contribution in [3.63, 3.8) is 0 Å². The van der Waals surface area contributed by atoms with Crippen LogP contribution in [-0.2, 0) is 0 Å². The van der Waals surface area contributed by atoms with Gasteiger partial charge in [0.2, 0.25) is 5.95 Å². The first-order valence-electron chi connectivity index (χ1n) is 18.9. The zero-order valence-electron chi connectivity index (χ0n) is 31.6. The van der Waals surface area contributed by atoms with Crippen LogP contribution in [0, 0.1) is 0 Å². The molecule has 0 aliphatic rings. The molecular formula is C45H29N5. The summed E-state index contributed by atoms with van der Waals surface area (Å²) in [6, 6.07) is 46.8. The van der Waals surface area contributed by atoms with E-state index in [2.05, 4.69) is 57.7 Å². The molecule has 0 atom stereocenters. The summed E-state index contributed by atoms with van der Waals surface area (Å²) < 4.78 is 45.7. The number of para-hydroxylation sites is 2. The van der Waals surface area contributed by atoms with Gasteiger partial charge in [0.1, 0.15) is 0 Å². The van der Waals surface area contributed by atoms with Crippen molar-refractivity contribution in [2.75, 3.05) is 0 Å². The van der Waals surface area contributed by atoms with E-state index >= 15 is 0 Å². The average Bonchev–Trinajstić information content (AvgIpc) is 3.76. The summed E-state index contributed by atoms with van der Waals surface area (Å²) in [5.41, 5.74) is 7.33. The maximum absolute atomic E-state index is 8.51. The summed E-state index contributed by atoms with van der Waals surface area (Å²) in [7, 11) is 0. The van der Waals surface area contributed by atoms with E-state index < -0.39 is 6.04 Å². The van der Waals surface area contributed by atoms with Crippen molar-refractivity contribution < 1.29 is 6.85 Å². The Labute approximate surface area is 295 Å². The Morgan fingerprint density at radius 3 is 1.46 bits per heavy atom. The highest BCUT2D eigenvalue weighted by molar-refractivity contribution is 6.28.